The Kier molecular flexibility index (Phi) is 3.03. The Balaban J connectivity index is 2.10. The summed E-state index contributed by atoms with van der Waals surface area (Å²) in [6.07, 6.45) is 5.58. The fourth-order valence-electron chi connectivity index (χ4n) is 2.57. The van der Waals surface area contributed by atoms with E-state index in [0.717, 1.165) is 23.4 Å². The summed E-state index contributed by atoms with van der Waals surface area (Å²) < 4.78 is 11.2. The minimum atomic E-state index is 0.664. The second-order valence-electron chi connectivity index (χ2n) is 4.65. The quantitative estimate of drug-likeness (QED) is 0.659. The van der Waals surface area contributed by atoms with E-state index in [-0.39, 0.29) is 0 Å². The molecule has 2 nitrogen and oxygen atoms in total. The third-order valence-electron chi connectivity index (χ3n) is 3.51. The fraction of sp³-hybridized carbons (Fsp3) is 0.692. The average molecular weight is 208 g/mol. The van der Waals surface area contributed by atoms with Crippen LogP contribution in [0, 0.1) is 17.8 Å². The maximum absolute atomic E-state index is 5.65. The van der Waals surface area contributed by atoms with E-state index < -0.39 is 0 Å². The zero-order valence-corrected chi connectivity index (χ0v) is 9.82. The average Bonchev–Trinajstić information content (AvgIpc) is 2.26. The molecule has 0 N–H and O–H groups in total. The van der Waals surface area contributed by atoms with Crippen LogP contribution < -0.4 is 0 Å². The first-order valence-corrected chi connectivity index (χ1v) is 5.86. The fourth-order valence-corrected chi connectivity index (χ4v) is 2.57. The summed E-state index contributed by atoms with van der Waals surface area (Å²) in [5.41, 5.74) is 0. The van der Waals surface area contributed by atoms with E-state index >= 15 is 0 Å². The van der Waals surface area contributed by atoms with Gasteiger partial charge in [0.2, 0.25) is 0 Å². The molecule has 0 aromatic rings. The Morgan fingerprint density at radius 2 is 1.67 bits per heavy atom. The third kappa shape index (κ3) is 2.04. The molecule has 1 aliphatic heterocycles. The highest BCUT2D eigenvalue weighted by Gasteiger charge is 2.34. The highest BCUT2D eigenvalue weighted by molar-refractivity contribution is 5.23. The molecule has 2 unspecified atom stereocenters. The Labute approximate surface area is 92.0 Å². The Morgan fingerprint density at radius 1 is 1.07 bits per heavy atom. The van der Waals surface area contributed by atoms with Gasteiger partial charge in [0.25, 0.3) is 0 Å². The lowest BCUT2D eigenvalue weighted by atomic mass is 9.66. The standard InChI is InChI=1S/C13H20O2/c1-4-12-13(15-6-5-14-12)8-11-9(2)7-10(11)3/h4,8-11H,5-7H2,1-3H3/b12-4+,13-8+. The first-order chi connectivity index (χ1) is 7.22. The van der Waals surface area contributed by atoms with Gasteiger partial charge in [-0.15, -0.1) is 0 Å². The van der Waals surface area contributed by atoms with Gasteiger partial charge < -0.3 is 9.47 Å². The van der Waals surface area contributed by atoms with Gasteiger partial charge in [-0.1, -0.05) is 13.8 Å². The lowest BCUT2D eigenvalue weighted by Crippen LogP contribution is -2.32. The molecule has 0 aromatic heterocycles. The summed E-state index contributed by atoms with van der Waals surface area (Å²) in [6, 6.07) is 0. The van der Waals surface area contributed by atoms with Crippen molar-refractivity contribution in [1.29, 1.82) is 0 Å². The summed E-state index contributed by atoms with van der Waals surface area (Å²) in [5.74, 6) is 4.10. The number of hydrogen-bond acceptors (Lipinski definition) is 2. The molecule has 84 valence electrons. The topological polar surface area (TPSA) is 18.5 Å². The second kappa shape index (κ2) is 4.30. The van der Waals surface area contributed by atoms with Gasteiger partial charge in [-0.2, -0.15) is 0 Å². The van der Waals surface area contributed by atoms with Crippen LogP contribution in [0.25, 0.3) is 0 Å². The molecular weight excluding hydrogens is 188 g/mol. The van der Waals surface area contributed by atoms with Gasteiger partial charge in [0.1, 0.15) is 13.2 Å². The molecule has 1 aliphatic carbocycles. The Hall–Kier alpha value is -0.920. The largest absolute Gasteiger partial charge is 0.487 e. The van der Waals surface area contributed by atoms with Crippen LogP contribution in [0.5, 0.6) is 0 Å². The van der Waals surface area contributed by atoms with Gasteiger partial charge in [0.15, 0.2) is 11.5 Å². The van der Waals surface area contributed by atoms with Gasteiger partial charge in [-0.25, -0.2) is 0 Å². The number of rotatable bonds is 1. The molecule has 1 saturated heterocycles. The summed E-state index contributed by atoms with van der Waals surface area (Å²) in [6.45, 7) is 7.96. The lowest BCUT2D eigenvalue weighted by molar-refractivity contribution is 0.0530. The van der Waals surface area contributed by atoms with Crippen molar-refractivity contribution in [1.82, 2.24) is 0 Å². The number of hydrogen-bond donors (Lipinski definition) is 0. The van der Waals surface area contributed by atoms with Crippen LogP contribution in [-0.2, 0) is 9.47 Å². The van der Waals surface area contributed by atoms with E-state index in [2.05, 4.69) is 19.9 Å². The van der Waals surface area contributed by atoms with Crippen LogP contribution in [0.3, 0.4) is 0 Å². The van der Waals surface area contributed by atoms with Gasteiger partial charge in [-0.05, 0) is 43.3 Å². The number of allylic oxidation sites excluding steroid dienone is 2. The van der Waals surface area contributed by atoms with Crippen LogP contribution in [0.4, 0.5) is 0 Å². The Bertz CT molecular complexity index is 283. The SMILES string of the molecule is C/C=C1/OCCO/C1=C/C1C(C)CC1C. The predicted molar refractivity (Wildman–Crippen MR) is 60.2 cm³/mol. The van der Waals surface area contributed by atoms with E-state index in [1.54, 1.807) is 0 Å². The molecule has 1 saturated carbocycles. The highest BCUT2D eigenvalue weighted by atomic mass is 16.6. The van der Waals surface area contributed by atoms with Gasteiger partial charge in [0.05, 0.1) is 0 Å². The molecule has 0 bridgehead atoms. The van der Waals surface area contributed by atoms with Gasteiger partial charge in [0, 0.05) is 0 Å². The molecule has 15 heavy (non-hydrogen) atoms. The van der Waals surface area contributed by atoms with Crippen molar-refractivity contribution < 1.29 is 9.47 Å². The molecule has 2 rings (SSSR count). The maximum Gasteiger partial charge on any atom is 0.157 e. The molecule has 0 radical (unpaired) electrons. The monoisotopic (exact) mass is 208 g/mol. The van der Waals surface area contributed by atoms with Crippen LogP contribution in [0.1, 0.15) is 27.2 Å². The summed E-state index contributed by atoms with van der Waals surface area (Å²) >= 11 is 0. The zero-order chi connectivity index (χ0) is 10.8. The van der Waals surface area contributed by atoms with E-state index in [9.17, 15) is 0 Å². The minimum Gasteiger partial charge on any atom is -0.487 e. The predicted octanol–water partition coefficient (Wildman–Crippen LogP) is 3.11. The smallest absolute Gasteiger partial charge is 0.157 e. The minimum absolute atomic E-state index is 0.664. The van der Waals surface area contributed by atoms with Crippen LogP contribution in [0.15, 0.2) is 23.7 Å². The van der Waals surface area contributed by atoms with E-state index in [0.29, 0.717) is 19.1 Å². The molecule has 0 aromatic carbocycles. The van der Waals surface area contributed by atoms with Gasteiger partial charge in [-0.3, -0.25) is 0 Å². The molecule has 2 aliphatic rings. The summed E-state index contributed by atoms with van der Waals surface area (Å²) in [7, 11) is 0. The first-order valence-electron chi connectivity index (χ1n) is 5.86. The van der Waals surface area contributed by atoms with Crippen LogP contribution in [-0.4, -0.2) is 13.2 Å². The van der Waals surface area contributed by atoms with Crippen molar-refractivity contribution in [3.05, 3.63) is 23.7 Å². The second-order valence-corrected chi connectivity index (χ2v) is 4.65. The number of ether oxygens (including phenoxy) is 2. The zero-order valence-electron chi connectivity index (χ0n) is 9.82. The van der Waals surface area contributed by atoms with Crippen molar-refractivity contribution in [3.8, 4) is 0 Å². The lowest BCUT2D eigenvalue weighted by Gasteiger charge is -2.39. The molecule has 2 atom stereocenters. The third-order valence-corrected chi connectivity index (χ3v) is 3.51. The van der Waals surface area contributed by atoms with Crippen molar-refractivity contribution in [2.45, 2.75) is 27.2 Å². The molecule has 2 fully saturated rings. The highest BCUT2D eigenvalue weighted by Crippen LogP contribution is 2.42. The van der Waals surface area contributed by atoms with Crippen molar-refractivity contribution in [3.63, 3.8) is 0 Å². The summed E-state index contributed by atoms with van der Waals surface area (Å²) in [5, 5.41) is 0. The molecular formula is C13H20O2. The van der Waals surface area contributed by atoms with Crippen LogP contribution >= 0.6 is 0 Å². The van der Waals surface area contributed by atoms with E-state index in [1.807, 2.05) is 13.0 Å². The molecule has 0 amide bonds. The summed E-state index contributed by atoms with van der Waals surface area (Å²) in [4.78, 5) is 0. The van der Waals surface area contributed by atoms with Gasteiger partial charge >= 0.3 is 0 Å². The molecule has 1 heterocycles. The van der Waals surface area contributed by atoms with Crippen molar-refractivity contribution >= 4 is 0 Å². The van der Waals surface area contributed by atoms with E-state index in [4.69, 9.17) is 9.47 Å². The molecule has 2 heteroatoms. The molecule has 0 spiro atoms. The first kappa shape index (κ1) is 10.6. The Morgan fingerprint density at radius 3 is 2.20 bits per heavy atom. The maximum atomic E-state index is 5.65. The normalized spacial score (nSPS) is 40.9. The van der Waals surface area contributed by atoms with Crippen molar-refractivity contribution in [2.24, 2.45) is 17.8 Å². The van der Waals surface area contributed by atoms with Crippen molar-refractivity contribution in [2.75, 3.05) is 13.2 Å². The van der Waals surface area contributed by atoms with Crippen LogP contribution in [0.2, 0.25) is 0 Å². The van der Waals surface area contributed by atoms with E-state index in [1.165, 1.54) is 6.42 Å².